The zero-order valence-electron chi connectivity index (χ0n) is 13.5. The Morgan fingerprint density at radius 2 is 2.04 bits per heavy atom. The summed E-state index contributed by atoms with van der Waals surface area (Å²) < 4.78 is 19.5. The lowest BCUT2D eigenvalue weighted by atomic mass is 10.1. The van der Waals surface area contributed by atoms with Gasteiger partial charge in [0.15, 0.2) is 0 Å². The number of methoxy groups -OCH3 is 1. The molecule has 0 fully saturated rings. The van der Waals surface area contributed by atoms with Crippen molar-refractivity contribution in [3.05, 3.63) is 72.1 Å². The molecule has 3 rings (SSSR count). The molecule has 128 valence electrons. The summed E-state index contributed by atoms with van der Waals surface area (Å²) >= 11 is 0. The molecule has 0 aliphatic carbocycles. The number of imidazole rings is 1. The van der Waals surface area contributed by atoms with Gasteiger partial charge in [-0.2, -0.15) is 0 Å². The first kappa shape index (κ1) is 16.6. The zero-order chi connectivity index (χ0) is 17.8. The van der Waals surface area contributed by atoms with Crippen LogP contribution in [0.5, 0.6) is 0 Å². The van der Waals surface area contributed by atoms with Crippen molar-refractivity contribution in [3.8, 4) is 0 Å². The van der Waals surface area contributed by atoms with Gasteiger partial charge in [0.2, 0.25) is 0 Å². The van der Waals surface area contributed by atoms with Crippen LogP contribution in [-0.2, 0) is 16.0 Å². The topological polar surface area (TPSA) is 72.7 Å². The van der Waals surface area contributed by atoms with Crippen LogP contribution in [0.1, 0.15) is 15.9 Å². The van der Waals surface area contributed by atoms with E-state index in [2.05, 4.69) is 10.3 Å². The van der Waals surface area contributed by atoms with Crippen LogP contribution < -0.4 is 5.32 Å². The van der Waals surface area contributed by atoms with Crippen molar-refractivity contribution in [2.75, 3.05) is 7.11 Å². The smallest absolute Gasteiger partial charge is 0.328 e. The molecule has 0 aliphatic rings. The van der Waals surface area contributed by atoms with Gasteiger partial charge in [0.25, 0.3) is 5.91 Å². The molecule has 1 aromatic carbocycles. The molecule has 0 spiro atoms. The van der Waals surface area contributed by atoms with Crippen molar-refractivity contribution in [1.29, 1.82) is 0 Å². The molecule has 1 N–H and O–H groups in total. The molecule has 0 radical (unpaired) electrons. The molecule has 1 atom stereocenters. The van der Waals surface area contributed by atoms with Crippen LogP contribution >= 0.6 is 0 Å². The molecule has 0 saturated carbocycles. The molecule has 6 nitrogen and oxygen atoms in total. The van der Waals surface area contributed by atoms with E-state index in [1.165, 1.54) is 19.2 Å². The number of esters is 1. The lowest BCUT2D eigenvalue weighted by Crippen LogP contribution is -2.43. The summed E-state index contributed by atoms with van der Waals surface area (Å²) in [6.07, 6.45) is 5.17. The van der Waals surface area contributed by atoms with Gasteiger partial charge in [0.05, 0.1) is 25.2 Å². The fourth-order valence-electron chi connectivity index (χ4n) is 2.49. The second-order valence-corrected chi connectivity index (χ2v) is 5.52. The molecule has 7 heteroatoms. The van der Waals surface area contributed by atoms with Crippen LogP contribution in [0, 0.1) is 5.82 Å². The average Bonchev–Trinajstić information content (AvgIpc) is 3.09. The molecule has 0 saturated heterocycles. The van der Waals surface area contributed by atoms with Crippen LogP contribution in [0.4, 0.5) is 4.39 Å². The highest BCUT2D eigenvalue weighted by Gasteiger charge is 2.22. The first-order valence-corrected chi connectivity index (χ1v) is 7.61. The number of fused-ring (bicyclic) bond motifs is 1. The van der Waals surface area contributed by atoms with Crippen molar-refractivity contribution in [2.24, 2.45) is 0 Å². The molecule has 1 unspecified atom stereocenters. The minimum atomic E-state index is -0.871. The van der Waals surface area contributed by atoms with Gasteiger partial charge in [-0.3, -0.25) is 4.79 Å². The number of nitrogens with zero attached hydrogens (tertiary/aromatic N) is 2. The van der Waals surface area contributed by atoms with Gasteiger partial charge in [-0.05, 0) is 29.8 Å². The highest BCUT2D eigenvalue weighted by Crippen LogP contribution is 2.10. The molecular weight excluding hydrogens is 325 g/mol. The van der Waals surface area contributed by atoms with E-state index in [0.717, 1.165) is 5.52 Å². The van der Waals surface area contributed by atoms with Crippen molar-refractivity contribution >= 4 is 17.4 Å². The Morgan fingerprint density at radius 3 is 2.76 bits per heavy atom. The van der Waals surface area contributed by atoms with E-state index in [-0.39, 0.29) is 12.2 Å². The summed E-state index contributed by atoms with van der Waals surface area (Å²) in [7, 11) is 1.25. The highest BCUT2D eigenvalue weighted by molar-refractivity contribution is 5.97. The van der Waals surface area contributed by atoms with Crippen molar-refractivity contribution in [3.63, 3.8) is 0 Å². The lowest BCUT2D eigenvalue weighted by molar-refractivity contribution is -0.142. The van der Waals surface area contributed by atoms with Gasteiger partial charge in [-0.15, -0.1) is 0 Å². The van der Waals surface area contributed by atoms with Gasteiger partial charge in [0.1, 0.15) is 11.9 Å². The van der Waals surface area contributed by atoms with Crippen LogP contribution in [-0.4, -0.2) is 34.4 Å². The second kappa shape index (κ2) is 7.12. The normalized spacial score (nSPS) is 11.9. The maximum Gasteiger partial charge on any atom is 0.328 e. The van der Waals surface area contributed by atoms with E-state index in [0.29, 0.717) is 11.1 Å². The molecule has 2 heterocycles. The molecule has 2 aromatic heterocycles. The standard InChI is InChI=1S/C18H16FN3O3/c1-25-18(24)16(8-12-2-4-14(19)5-3-12)21-17(23)13-6-7-22-11-20-10-15(22)9-13/h2-7,9-11,16H,8H2,1H3,(H,21,23). The van der Waals surface area contributed by atoms with Crippen LogP contribution in [0.25, 0.3) is 5.52 Å². The Morgan fingerprint density at radius 1 is 1.28 bits per heavy atom. The quantitative estimate of drug-likeness (QED) is 0.721. The first-order valence-electron chi connectivity index (χ1n) is 7.61. The van der Waals surface area contributed by atoms with Gasteiger partial charge >= 0.3 is 5.97 Å². The monoisotopic (exact) mass is 341 g/mol. The fourth-order valence-corrected chi connectivity index (χ4v) is 2.49. The number of pyridine rings is 1. The predicted molar refractivity (Wildman–Crippen MR) is 88.6 cm³/mol. The Labute approximate surface area is 143 Å². The maximum atomic E-state index is 13.0. The molecule has 1 amide bonds. The summed E-state index contributed by atoms with van der Waals surface area (Å²) in [5.74, 6) is -1.33. The van der Waals surface area contributed by atoms with Gasteiger partial charge in [0, 0.05) is 18.2 Å². The third-order valence-electron chi connectivity index (χ3n) is 3.82. The number of amides is 1. The third kappa shape index (κ3) is 3.82. The molecule has 0 aliphatic heterocycles. The second-order valence-electron chi connectivity index (χ2n) is 5.52. The van der Waals surface area contributed by atoms with E-state index >= 15 is 0 Å². The summed E-state index contributed by atoms with van der Waals surface area (Å²) in [5, 5.41) is 2.67. The van der Waals surface area contributed by atoms with E-state index in [1.807, 2.05) is 0 Å². The van der Waals surface area contributed by atoms with Crippen molar-refractivity contribution in [2.45, 2.75) is 12.5 Å². The minimum Gasteiger partial charge on any atom is -0.467 e. The number of hydrogen-bond acceptors (Lipinski definition) is 4. The number of carbonyl (C=O) groups is 2. The lowest BCUT2D eigenvalue weighted by Gasteiger charge is -2.17. The summed E-state index contributed by atoms with van der Waals surface area (Å²) in [6.45, 7) is 0. The Hall–Kier alpha value is -3.22. The Kier molecular flexibility index (Phi) is 4.74. The number of aromatic nitrogens is 2. The Balaban J connectivity index is 1.77. The summed E-state index contributed by atoms with van der Waals surface area (Å²) in [6, 6.07) is 8.18. The zero-order valence-corrected chi connectivity index (χ0v) is 13.5. The largest absolute Gasteiger partial charge is 0.467 e. The van der Waals surface area contributed by atoms with E-state index in [4.69, 9.17) is 4.74 Å². The Bertz CT molecular complexity index is 905. The van der Waals surface area contributed by atoms with Gasteiger partial charge < -0.3 is 14.5 Å². The number of hydrogen-bond donors (Lipinski definition) is 1. The van der Waals surface area contributed by atoms with Gasteiger partial charge in [-0.25, -0.2) is 14.2 Å². The third-order valence-corrected chi connectivity index (χ3v) is 3.82. The number of rotatable bonds is 5. The molecule has 0 bridgehead atoms. The van der Waals surface area contributed by atoms with Crippen molar-refractivity contribution in [1.82, 2.24) is 14.7 Å². The van der Waals surface area contributed by atoms with Crippen LogP contribution in [0.15, 0.2) is 55.1 Å². The van der Waals surface area contributed by atoms with E-state index in [1.54, 1.807) is 47.4 Å². The number of carbonyl (C=O) groups excluding carboxylic acids is 2. The van der Waals surface area contributed by atoms with Crippen molar-refractivity contribution < 1.29 is 18.7 Å². The number of halogens is 1. The van der Waals surface area contributed by atoms with Crippen LogP contribution in [0.2, 0.25) is 0 Å². The maximum absolute atomic E-state index is 13.0. The SMILES string of the molecule is COC(=O)C(Cc1ccc(F)cc1)NC(=O)c1ccn2cncc2c1. The van der Waals surface area contributed by atoms with Crippen LogP contribution in [0.3, 0.4) is 0 Å². The number of benzene rings is 1. The molecular formula is C18H16FN3O3. The summed E-state index contributed by atoms with van der Waals surface area (Å²) in [5.41, 5.74) is 1.88. The first-order chi connectivity index (χ1) is 12.1. The summed E-state index contributed by atoms with van der Waals surface area (Å²) in [4.78, 5) is 28.5. The molecule has 3 aromatic rings. The fraction of sp³-hybridized carbons (Fsp3) is 0.167. The minimum absolute atomic E-state index is 0.202. The number of ether oxygens (including phenoxy) is 1. The van der Waals surface area contributed by atoms with Gasteiger partial charge in [-0.1, -0.05) is 12.1 Å². The van der Waals surface area contributed by atoms with E-state index in [9.17, 15) is 14.0 Å². The number of nitrogens with one attached hydrogen (secondary N) is 1. The molecule has 25 heavy (non-hydrogen) atoms. The highest BCUT2D eigenvalue weighted by atomic mass is 19.1. The average molecular weight is 341 g/mol. The predicted octanol–water partition coefficient (Wildman–Crippen LogP) is 1.99. The van der Waals surface area contributed by atoms with E-state index < -0.39 is 17.9 Å².